The standard InChI is InChI=1S/C21H31N3O/c1-17-7-6-10-20(18(17)2)23-13-15-24(16-14-23)21(25)22-12-11-19-8-4-3-5-9-19/h6-7,10-12,19H,3-5,8-9,13-16H2,1-2H3,(H,22,25)/b12-11+. The molecule has 4 nitrogen and oxygen atoms in total. The van der Waals surface area contributed by atoms with Crippen LogP contribution in [0.1, 0.15) is 43.2 Å². The summed E-state index contributed by atoms with van der Waals surface area (Å²) in [6, 6.07) is 6.49. The van der Waals surface area contributed by atoms with Crippen LogP contribution < -0.4 is 10.2 Å². The predicted molar refractivity (Wildman–Crippen MR) is 104 cm³/mol. The highest BCUT2D eigenvalue weighted by Crippen LogP contribution is 2.25. The number of nitrogens with zero attached hydrogens (tertiary/aromatic N) is 2. The fraction of sp³-hybridized carbons (Fsp3) is 0.571. The number of aryl methyl sites for hydroxylation is 1. The van der Waals surface area contributed by atoms with E-state index >= 15 is 0 Å². The molecule has 2 fully saturated rings. The second-order valence-corrected chi connectivity index (χ2v) is 7.40. The summed E-state index contributed by atoms with van der Waals surface area (Å²) in [6.07, 6.45) is 10.6. The third-order valence-electron chi connectivity index (χ3n) is 5.71. The monoisotopic (exact) mass is 341 g/mol. The van der Waals surface area contributed by atoms with Gasteiger partial charge < -0.3 is 15.1 Å². The minimum atomic E-state index is 0.0349. The fourth-order valence-electron chi connectivity index (χ4n) is 3.90. The van der Waals surface area contributed by atoms with Crippen LogP contribution in [0.2, 0.25) is 0 Å². The van der Waals surface area contributed by atoms with E-state index < -0.39 is 0 Å². The summed E-state index contributed by atoms with van der Waals surface area (Å²) in [4.78, 5) is 16.7. The molecule has 1 aliphatic heterocycles. The van der Waals surface area contributed by atoms with Gasteiger partial charge in [0.05, 0.1) is 0 Å². The zero-order chi connectivity index (χ0) is 17.6. The van der Waals surface area contributed by atoms with Gasteiger partial charge in [0.2, 0.25) is 0 Å². The first kappa shape index (κ1) is 17.8. The molecular weight excluding hydrogens is 310 g/mol. The molecule has 0 bridgehead atoms. The van der Waals surface area contributed by atoms with Gasteiger partial charge in [-0.05, 0) is 49.8 Å². The van der Waals surface area contributed by atoms with E-state index in [0.717, 1.165) is 26.2 Å². The van der Waals surface area contributed by atoms with E-state index in [1.165, 1.54) is 48.9 Å². The molecule has 0 atom stereocenters. The van der Waals surface area contributed by atoms with E-state index in [-0.39, 0.29) is 6.03 Å². The Kier molecular flexibility index (Phi) is 6.00. The first-order valence-corrected chi connectivity index (χ1v) is 9.68. The molecule has 25 heavy (non-hydrogen) atoms. The molecule has 4 heteroatoms. The van der Waals surface area contributed by atoms with Crippen molar-refractivity contribution in [3.05, 3.63) is 41.6 Å². The van der Waals surface area contributed by atoms with E-state index in [2.05, 4.69) is 48.3 Å². The van der Waals surface area contributed by atoms with Gasteiger partial charge in [0, 0.05) is 38.1 Å². The molecule has 1 aromatic carbocycles. The van der Waals surface area contributed by atoms with Crippen molar-refractivity contribution in [2.75, 3.05) is 31.1 Å². The lowest BCUT2D eigenvalue weighted by Crippen LogP contribution is -2.51. The van der Waals surface area contributed by atoms with E-state index in [9.17, 15) is 4.79 Å². The molecule has 0 aromatic heterocycles. The first-order chi connectivity index (χ1) is 12.1. The van der Waals surface area contributed by atoms with Crippen LogP contribution in [0.5, 0.6) is 0 Å². The quantitative estimate of drug-likeness (QED) is 0.893. The Hall–Kier alpha value is -1.97. The maximum absolute atomic E-state index is 12.3. The van der Waals surface area contributed by atoms with Crippen molar-refractivity contribution in [2.24, 2.45) is 5.92 Å². The maximum atomic E-state index is 12.3. The van der Waals surface area contributed by atoms with Gasteiger partial charge >= 0.3 is 6.03 Å². The molecule has 136 valence electrons. The van der Waals surface area contributed by atoms with Crippen molar-refractivity contribution < 1.29 is 4.79 Å². The van der Waals surface area contributed by atoms with Crippen molar-refractivity contribution in [2.45, 2.75) is 46.0 Å². The number of allylic oxidation sites excluding steroid dienone is 1. The lowest BCUT2D eigenvalue weighted by Gasteiger charge is -2.36. The number of benzene rings is 1. The third-order valence-corrected chi connectivity index (χ3v) is 5.71. The van der Waals surface area contributed by atoms with Crippen LogP contribution in [0.3, 0.4) is 0 Å². The predicted octanol–water partition coefficient (Wildman–Crippen LogP) is 4.23. The Labute approximate surface area is 151 Å². The van der Waals surface area contributed by atoms with E-state index in [0.29, 0.717) is 5.92 Å². The molecule has 2 amide bonds. The van der Waals surface area contributed by atoms with Gasteiger partial charge in [0.15, 0.2) is 0 Å². The van der Waals surface area contributed by atoms with Crippen molar-refractivity contribution in [3.63, 3.8) is 0 Å². The molecule has 0 radical (unpaired) electrons. The van der Waals surface area contributed by atoms with Crippen LogP contribution in [-0.4, -0.2) is 37.1 Å². The molecule has 0 spiro atoms. The largest absolute Gasteiger partial charge is 0.368 e. The van der Waals surface area contributed by atoms with Gasteiger partial charge in [-0.1, -0.05) is 37.5 Å². The Morgan fingerprint density at radius 1 is 1.08 bits per heavy atom. The number of hydrogen-bond donors (Lipinski definition) is 1. The zero-order valence-corrected chi connectivity index (χ0v) is 15.6. The van der Waals surface area contributed by atoms with Crippen molar-refractivity contribution >= 4 is 11.7 Å². The second-order valence-electron chi connectivity index (χ2n) is 7.40. The number of hydrogen-bond acceptors (Lipinski definition) is 2. The van der Waals surface area contributed by atoms with Gasteiger partial charge in [0.1, 0.15) is 0 Å². The SMILES string of the molecule is Cc1cccc(N2CCN(C(=O)N/C=C/C3CCCCC3)CC2)c1C. The molecule has 1 heterocycles. The number of rotatable bonds is 3. The molecule has 0 unspecified atom stereocenters. The molecule has 1 saturated carbocycles. The summed E-state index contributed by atoms with van der Waals surface area (Å²) in [5, 5.41) is 2.96. The van der Waals surface area contributed by atoms with Crippen molar-refractivity contribution in [1.82, 2.24) is 10.2 Å². The minimum absolute atomic E-state index is 0.0349. The highest BCUT2D eigenvalue weighted by Gasteiger charge is 2.21. The third kappa shape index (κ3) is 4.56. The summed E-state index contributed by atoms with van der Waals surface area (Å²) >= 11 is 0. The number of carbonyl (C=O) groups excluding carboxylic acids is 1. The van der Waals surface area contributed by atoms with Gasteiger partial charge in [-0.15, -0.1) is 0 Å². The Balaban J connectivity index is 1.47. The number of nitrogens with one attached hydrogen (secondary N) is 1. The normalized spacial score (nSPS) is 19.4. The lowest BCUT2D eigenvalue weighted by atomic mass is 9.89. The number of amides is 2. The number of anilines is 1. The van der Waals surface area contributed by atoms with Crippen LogP contribution in [0.15, 0.2) is 30.5 Å². The summed E-state index contributed by atoms with van der Waals surface area (Å²) in [6.45, 7) is 7.67. The molecule has 1 aliphatic carbocycles. The molecule has 3 rings (SSSR count). The summed E-state index contributed by atoms with van der Waals surface area (Å²) in [5.74, 6) is 0.648. The van der Waals surface area contributed by atoms with Crippen molar-refractivity contribution in [1.29, 1.82) is 0 Å². The number of piperazine rings is 1. The zero-order valence-electron chi connectivity index (χ0n) is 15.6. The van der Waals surface area contributed by atoms with Crippen LogP contribution >= 0.6 is 0 Å². The van der Waals surface area contributed by atoms with E-state index in [1.807, 2.05) is 11.1 Å². The summed E-state index contributed by atoms with van der Waals surface area (Å²) in [5.41, 5.74) is 3.97. The second kappa shape index (κ2) is 8.41. The topological polar surface area (TPSA) is 35.6 Å². The molecule has 2 aliphatic rings. The van der Waals surface area contributed by atoms with Gasteiger partial charge in [-0.25, -0.2) is 4.79 Å². The smallest absolute Gasteiger partial charge is 0.321 e. The van der Waals surface area contributed by atoms with E-state index in [1.54, 1.807) is 0 Å². The number of carbonyl (C=O) groups is 1. The van der Waals surface area contributed by atoms with Gasteiger partial charge in [-0.2, -0.15) is 0 Å². The summed E-state index contributed by atoms with van der Waals surface area (Å²) in [7, 11) is 0. The van der Waals surface area contributed by atoms with Gasteiger partial charge in [0.25, 0.3) is 0 Å². The fourth-order valence-corrected chi connectivity index (χ4v) is 3.90. The Bertz CT molecular complexity index is 612. The highest BCUT2D eigenvalue weighted by molar-refractivity contribution is 5.75. The summed E-state index contributed by atoms with van der Waals surface area (Å²) < 4.78 is 0. The molecule has 1 saturated heterocycles. The Morgan fingerprint density at radius 2 is 1.80 bits per heavy atom. The lowest BCUT2D eigenvalue weighted by molar-refractivity contribution is 0.198. The Morgan fingerprint density at radius 3 is 2.52 bits per heavy atom. The van der Waals surface area contributed by atoms with Crippen LogP contribution in [0.25, 0.3) is 0 Å². The van der Waals surface area contributed by atoms with Crippen molar-refractivity contribution in [3.8, 4) is 0 Å². The highest BCUT2D eigenvalue weighted by atomic mass is 16.2. The first-order valence-electron chi connectivity index (χ1n) is 9.68. The minimum Gasteiger partial charge on any atom is -0.368 e. The molecule has 1 aromatic rings. The molecular formula is C21H31N3O. The molecule has 1 N–H and O–H groups in total. The average Bonchev–Trinajstić information content (AvgIpc) is 2.65. The van der Waals surface area contributed by atoms with Crippen LogP contribution in [0.4, 0.5) is 10.5 Å². The van der Waals surface area contributed by atoms with Gasteiger partial charge in [-0.3, -0.25) is 0 Å². The maximum Gasteiger partial charge on any atom is 0.321 e. The van der Waals surface area contributed by atoms with E-state index in [4.69, 9.17) is 0 Å². The van der Waals surface area contributed by atoms with Crippen LogP contribution in [-0.2, 0) is 0 Å². The van der Waals surface area contributed by atoms with Crippen LogP contribution in [0, 0.1) is 19.8 Å². The number of urea groups is 1. The average molecular weight is 341 g/mol.